The van der Waals surface area contributed by atoms with Crippen LogP contribution in [0, 0.1) is 0 Å². The highest BCUT2D eigenvalue weighted by atomic mass is 32.1. The van der Waals surface area contributed by atoms with E-state index in [0.29, 0.717) is 42.0 Å². The molecular weight excluding hydrogens is 412 g/mol. The second-order valence-electron chi connectivity index (χ2n) is 7.80. The number of thiazole rings is 1. The number of anilines is 1. The van der Waals surface area contributed by atoms with Crippen molar-refractivity contribution in [3.63, 3.8) is 0 Å². The van der Waals surface area contributed by atoms with Crippen LogP contribution in [0.3, 0.4) is 0 Å². The number of ether oxygens (including phenoxy) is 1. The molecular formula is C20H21F2N5O2S. The maximum absolute atomic E-state index is 13.5. The van der Waals surface area contributed by atoms with Crippen LogP contribution < -0.4 is 10.1 Å². The van der Waals surface area contributed by atoms with E-state index >= 15 is 0 Å². The summed E-state index contributed by atoms with van der Waals surface area (Å²) in [6.07, 6.45) is 5.81. The Morgan fingerprint density at radius 3 is 2.73 bits per heavy atom. The first-order chi connectivity index (χ1) is 14.5. The molecule has 1 N–H and O–H groups in total. The van der Waals surface area contributed by atoms with E-state index in [-0.39, 0.29) is 25.5 Å². The Balaban J connectivity index is 1.37. The van der Waals surface area contributed by atoms with E-state index in [1.54, 1.807) is 12.3 Å². The number of nitrogens with one attached hydrogen (secondary N) is 1. The SMILES string of the molecule is FC1(F)CCC(Nc2cc(OCc3cnco3)nc(-c3nc(C4CC4)cs3)n2)CC1. The summed E-state index contributed by atoms with van der Waals surface area (Å²) in [4.78, 5) is 17.7. The second-order valence-corrected chi connectivity index (χ2v) is 8.66. The van der Waals surface area contributed by atoms with Crippen LogP contribution in [0.4, 0.5) is 14.6 Å². The van der Waals surface area contributed by atoms with Crippen molar-refractivity contribution in [2.24, 2.45) is 0 Å². The van der Waals surface area contributed by atoms with Gasteiger partial charge in [0.1, 0.15) is 12.4 Å². The lowest BCUT2D eigenvalue weighted by Crippen LogP contribution is -2.32. The van der Waals surface area contributed by atoms with Gasteiger partial charge in [-0.1, -0.05) is 0 Å². The van der Waals surface area contributed by atoms with Crippen LogP contribution in [0.5, 0.6) is 5.88 Å². The van der Waals surface area contributed by atoms with Gasteiger partial charge in [0.2, 0.25) is 11.8 Å². The van der Waals surface area contributed by atoms with E-state index in [9.17, 15) is 8.78 Å². The fourth-order valence-electron chi connectivity index (χ4n) is 3.48. The van der Waals surface area contributed by atoms with Gasteiger partial charge in [0.25, 0.3) is 0 Å². The number of hydrogen-bond donors (Lipinski definition) is 1. The van der Waals surface area contributed by atoms with Crippen molar-refractivity contribution in [2.75, 3.05) is 5.32 Å². The normalized spacial score (nSPS) is 19.0. The maximum Gasteiger partial charge on any atom is 0.248 e. The zero-order chi connectivity index (χ0) is 20.6. The van der Waals surface area contributed by atoms with Crippen molar-refractivity contribution >= 4 is 17.2 Å². The predicted molar refractivity (Wildman–Crippen MR) is 107 cm³/mol. The Morgan fingerprint density at radius 2 is 2.00 bits per heavy atom. The molecule has 30 heavy (non-hydrogen) atoms. The Morgan fingerprint density at radius 1 is 1.17 bits per heavy atom. The molecule has 2 aliphatic rings. The third-order valence-corrected chi connectivity index (χ3v) is 6.18. The topological polar surface area (TPSA) is 86.0 Å². The van der Waals surface area contributed by atoms with Gasteiger partial charge >= 0.3 is 0 Å². The second kappa shape index (κ2) is 7.90. The van der Waals surface area contributed by atoms with Crippen LogP contribution in [0.2, 0.25) is 0 Å². The molecule has 0 bridgehead atoms. The quantitative estimate of drug-likeness (QED) is 0.559. The van der Waals surface area contributed by atoms with Crippen molar-refractivity contribution in [1.29, 1.82) is 0 Å². The van der Waals surface area contributed by atoms with E-state index in [2.05, 4.69) is 30.6 Å². The van der Waals surface area contributed by atoms with Crippen molar-refractivity contribution in [1.82, 2.24) is 19.9 Å². The van der Waals surface area contributed by atoms with Crippen molar-refractivity contribution in [3.05, 3.63) is 35.5 Å². The largest absolute Gasteiger partial charge is 0.469 e. The molecule has 3 aromatic rings. The lowest BCUT2D eigenvalue weighted by Gasteiger charge is -2.29. The first-order valence-electron chi connectivity index (χ1n) is 10.0. The minimum Gasteiger partial charge on any atom is -0.469 e. The summed E-state index contributed by atoms with van der Waals surface area (Å²) < 4.78 is 37.9. The van der Waals surface area contributed by atoms with Crippen LogP contribution in [0.25, 0.3) is 10.8 Å². The Hall–Kier alpha value is -2.62. The molecule has 3 aromatic heterocycles. The summed E-state index contributed by atoms with van der Waals surface area (Å²) in [5.41, 5.74) is 1.08. The molecule has 2 aliphatic carbocycles. The van der Waals surface area contributed by atoms with Crippen LogP contribution >= 0.6 is 11.3 Å². The first kappa shape index (κ1) is 19.3. The minimum atomic E-state index is -2.57. The molecule has 0 amide bonds. The van der Waals surface area contributed by atoms with Gasteiger partial charge < -0.3 is 14.5 Å². The Labute approximate surface area is 175 Å². The van der Waals surface area contributed by atoms with Gasteiger partial charge in [-0.25, -0.2) is 23.7 Å². The molecule has 3 heterocycles. The molecule has 0 atom stereocenters. The van der Waals surface area contributed by atoms with Gasteiger partial charge in [-0.3, -0.25) is 0 Å². The van der Waals surface area contributed by atoms with Gasteiger partial charge in [-0.15, -0.1) is 11.3 Å². The maximum atomic E-state index is 13.5. The molecule has 0 saturated heterocycles. The standard InChI is InChI=1S/C20H21F2N5O2S/c21-20(22)5-3-13(4-6-20)24-16-7-17(28-9-14-8-23-11-29-14)27-18(26-16)19-25-15(10-30-19)12-1-2-12/h7-8,10-13H,1-6,9H2,(H,24,26,27). The molecule has 0 spiro atoms. The lowest BCUT2D eigenvalue weighted by molar-refractivity contribution is -0.0361. The van der Waals surface area contributed by atoms with Crippen LogP contribution in [-0.2, 0) is 6.61 Å². The first-order valence-corrected chi connectivity index (χ1v) is 10.9. The highest BCUT2D eigenvalue weighted by Crippen LogP contribution is 2.41. The van der Waals surface area contributed by atoms with Crippen molar-refractivity contribution in [2.45, 2.75) is 63.0 Å². The number of alkyl halides is 2. The van der Waals surface area contributed by atoms with E-state index in [1.807, 2.05) is 0 Å². The van der Waals surface area contributed by atoms with Gasteiger partial charge in [0.05, 0.1) is 11.9 Å². The van der Waals surface area contributed by atoms with Gasteiger partial charge in [0.15, 0.2) is 23.0 Å². The molecule has 0 aliphatic heterocycles. The highest BCUT2D eigenvalue weighted by molar-refractivity contribution is 7.13. The molecule has 2 saturated carbocycles. The molecule has 5 rings (SSSR count). The number of aromatic nitrogens is 4. The number of oxazole rings is 1. The molecule has 158 valence electrons. The zero-order valence-corrected chi connectivity index (χ0v) is 17.0. The summed E-state index contributed by atoms with van der Waals surface area (Å²) in [7, 11) is 0. The molecule has 0 radical (unpaired) electrons. The number of halogens is 2. The zero-order valence-electron chi connectivity index (χ0n) is 16.2. The minimum absolute atomic E-state index is 0.0622. The average molecular weight is 433 g/mol. The fourth-order valence-corrected chi connectivity index (χ4v) is 4.31. The average Bonchev–Trinajstić information content (AvgIpc) is 3.24. The monoisotopic (exact) mass is 433 g/mol. The number of nitrogens with zero attached hydrogens (tertiary/aromatic N) is 4. The number of rotatable bonds is 7. The van der Waals surface area contributed by atoms with Crippen LogP contribution in [0.1, 0.15) is 55.9 Å². The van der Waals surface area contributed by atoms with E-state index in [4.69, 9.17) is 9.15 Å². The molecule has 0 aromatic carbocycles. The Bertz CT molecular complexity index is 997. The smallest absolute Gasteiger partial charge is 0.248 e. The van der Waals surface area contributed by atoms with E-state index in [1.165, 1.54) is 30.6 Å². The summed E-state index contributed by atoms with van der Waals surface area (Å²) >= 11 is 1.50. The van der Waals surface area contributed by atoms with Crippen LogP contribution in [-0.4, -0.2) is 31.9 Å². The van der Waals surface area contributed by atoms with E-state index < -0.39 is 5.92 Å². The summed E-state index contributed by atoms with van der Waals surface area (Å²) in [6.45, 7) is 0.177. The molecule has 0 unspecified atom stereocenters. The van der Waals surface area contributed by atoms with Gasteiger partial charge in [-0.05, 0) is 25.7 Å². The Kier molecular flexibility index (Phi) is 5.10. The van der Waals surface area contributed by atoms with E-state index in [0.717, 1.165) is 10.7 Å². The van der Waals surface area contributed by atoms with Crippen LogP contribution in [0.15, 0.2) is 28.5 Å². The van der Waals surface area contributed by atoms with Gasteiger partial charge in [-0.2, -0.15) is 4.98 Å². The molecule has 10 heteroatoms. The fraction of sp³-hybridized carbons (Fsp3) is 0.500. The third-order valence-electron chi connectivity index (χ3n) is 5.33. The third kappa shape index (κ3) is 4.58. The summed E-state index contributed by atoms with van der Waals surface area (Å²) in [5.74, 6) is -0.0767. The summed E-state index contributed by atoms with van der Waals surface area (Å²) in [5, 5.41) is 6.05. The molecule has 7 nitrogen and oxygen atoms in total. The van der Waals surface area contributed by atoms with Crippen molar-refractivity contribution < 1.29 is 17.9 Å². The van der Waals surface area contributed by atoms with Crippen molar-refractivity contribution in [3.8, 4) is 16.7 Å². The number of hydrogen-bond acceptors (Lipinski definition) is 8. The van der Waals surface area contributed by atoms with Gasteiger partial charge in [0, 0.05) is 36.2 Å². The lowest BCUT2D eigenvalue weighted by atomic mass is 9.92. The highest BCUT2D eigenvalue weighted by Gasteiger charge is 2.35. The summed E-state index contributed by atoms with van der Waals surface area (Å²) in [6, 6.07) is 1.62. The molecule has 2 fully saturated rings. The predicted octanol–water partition coefficient (Wildman–Crippen LogP) is 5.03.